The molecule has 0 saturated carbocycles. The van der Waals surface area contributed by atoms with E-state index in [0.29, 0.717) is 12.5 Å². The Morgan fingerprint density at radius 1 is 0.667 bits per heavy atom. The van der Waals surface area contributed by atoms with Crippen molar-refractivity contribution in [2.75, 3.05) is 6.61 Å². The SMILES string of the molecule is CCCCCCCCCCC(CCCCCCCC)COS(=O)(=O)c1ccccc1. The highest BCUT2D eigenvalue weighted by Gasteiger charge is 2.18. The Kier molecular flexibility index (Phi) is 16.1. The molecule has 0 bridgehead atoms. The third-order valence-corrected chi connectivity index (χ3v) is 7.22. The summed E-state index contributed by atoms with van der Waals surface area (Å²) >= 11 is 0. The molecule has 30 heavy (non-hydrogen) atoms. The van der Waals surface area contributed by atoms with Gasteiger partial charge in [0.1, 0.15) is 0 Å². The van der Waals surface area contributed by atoms with Gasteiger partial charge in [-0.2, -0.15) is 8.42 Å². The lowest BCUT2D eigenvalue weighted by molar-refractivity contribution is 0.229. The summed E-state index contributed by atoms with van der Waals surface area (Å²) in [7, 11) is -3.65. The van der Waals surface area contributed by atoms with Crippen LogP contribution in [0, 0.1) is 5.92 Å². The van der Waals surface area contributed by atoms with Crippen LogP contribution in [0.4, 0.5) is 0 Å². The van der Waals surface area contributed by atoms with Gasteiger partial charge in [0.25, 0.3) is 10.1 Å². The van der Waals surface area contributed by atoms with Crippen molar-refractivity contribution < 1.29 is 12.6 Å². The zero-order chi connectivity index (χ0) is 21.9. The average molecular weight is 439 g/mol. The van der Waals surface area contributed by atoms with Crippen molar-refractivity contribution in [3.05, 3.63) is 30.3 Å². The van der Waals surface area contributed by atoms with Gasteiger partial charge in [0.05, 0.1) is 11.5 Å². The lowest BCUT2D eigenvalue weighted by Crippen LogP contribution is -2.15. The molecule has 0 aromatic heterocycles. The predicted molar refractivity (Wildman–Crippen MR) is 128 cm³/mol. The van der Waals surface area contributed by atoms with Crippen LogP contribution >= 0.6 is 0 Å². The molecule has 0 amide bonds. The molecule has 1 atom stereocenters. The second-order valence-electron chi connectivity index (χ2n) is 8.74. The summed E-state index contributed by atoms with van der Waals surface area (Å²) in [5.74, 6) is 0.342. The molecule has 0 heterocycles. The van der Waals surface area contributed by atoms with E-state index in [2.05, 4.69) is 13.8 Å². The van der Waals surface area contributed by atoms with Gasteiger partial charge in [0, 0.05) is 0 Å². The van der Waals surface area contributed by atoms with Gasteiger partial charge in [-0.15, -0.1) is 0 Å². The van der Waals surface area contributed by atoms with E-state index >= 15 is 0 Å². The summed E-state index contributed by atoms with van der Waals surface area (Å²) in [6.45, 7) is 4.82. The van der Waals surface area contributed by atoms with E-state index < -0.39 is 10.1 Å². The van der Waals surface area contributed by atoms with Crippen LogP contribution in [0.25, 0.3) is 0 Å². The molecule has 4 heteroatoms. The molecular weight excluding hydrogens is 392 g/mol. The largest absolute Gasteiger partial charge is 0.296 e. The molecule has 0 aliphatic rings. The normalized spacial score (nSPS) is 12.9. The maximum absolute atomic E-state index is 12.5. The van der Waals surface area contributed by atoms with Crippen LogP contribution in [0.5, 0.6) is 0 Å². The Balaban J connectivity index is 2.37. The molecule has 1 aromatic rings. The first kappa shape index (κ1) is 27.2. The van der Waals surface area contributed by atoms with Crippen molar-refractivity contribution in [2.45, 2.75) is 121 Å². The summed E-state index contributed by atoms with van der Waals surface area (Å²) in [4.78, 5) is 0.260. The molecule has 0 radical (unpaired) electrons. The number of benzene rings is 1. The second kappa shape index (κ2) is 17.8. The molecule has 0 saturated heterocycles. The van der Waals surface area contributed by atoms with Gasteiger partial charge < -0.3 is 0 Å². The molecule has 1 rings (SSSR count). The van der Waals surface area contributed by atoms with Gasteiger partial charge in [-0.05, 0) is 30.9 Å². The van der Waals surface area contributed by atoms with Crippen molar-refractivity contribution in [3.8, 4) is 0 Å². The highest BCUT2D eigenvalue weighted by atomic mass is 32.2. The number of hydrogen-bond acceptors (Lipinski definition) is 3. The van der Waals surface area contributed by atoms with E-state index in [9.17, 15) is 8.42 Å². The van der Waals surface area contributed by atoms with Crippen LogP contribution in [0.15, 0.2) is 35.2 Å². The minimum Gasteiger partial charge on any atom is -0.266 e. The minimum absolute atomic E-state index is 0.260. The van der Waals surface area contributed by atoms with Crippen molar-refractivity contribution in [1.29, 1.82) is 0 Å². The lowest BCUT2D eigenvalue weighted by Gasteiger charge is -2.17. The fourth-order valence-corrected chi connectivity index (χ4v) is 4.93. The highest BCUT2D eigenvalue weighted by molar-refractivity contribution is 7.86. The number of hydrogen-bond donors (Lipinski definition) is 0. The third kappa shape index (κ3) is 13.4. The molecule has 0 fully saturated rings. The van der Waals surface area contributed by atoms with Gasteiger partial charge in [-0.25, -0.2) is 0 Å². The molecule has 3 nitrogen and oxygen atoms in total. The average Bonchev–Trinajstić information content (AvgIpc) is 2.76. The Hall–Kier alpha value is -0.870. The predicted octanol–water partition coefficient (Wildman–Crippen LogP) is 8.29. The first-order valence-electron chi connectivity index (χ1n) is 12.5. The Labute approximate surface area is 187 Å². The fourth-order valence-electron chi connectivity index (χ4n) is 3.93. The van der Waals surface area contributed by atoms with E-state index in [1.54, 1.807) is 24.3 Å². The van der Waals surface area contributed by atoms with Crippen LogP contribution < -0.4 is 0 Å². The van der Waals surface area contributed by atoms with Crippen LogP contribution in [-0.2, 0) is 14.3 Å². The third-order valence-electron chi connectivity index (χ3n) is 5.92. The van der Waals surface area contributed by atoms with Gasteiger partial charge in [0.2, 0.25) is 0 Å². The highest BCUT2D eigenvalue weighted by Crippen LogP contribution is 2.22. The Bertz CT molecular complexity index is 598. The van der Waals surface area contributed by atoms with Crippen LogP contribution in [0.1, 0.15) is 117 Å². The quantitative estimate of drug-likeness (QED) is 0.152. The molecule has 1 unspecified atom stereocenters. The first-order chi connectivity index (χ1) is 14.6. The zero-order valence-corrected chi connectivity index (χ0v) is 20.4. The van der Waals surface area contributed by atoms with Crippen molar-refractivity contribution >= 4 is 10.1 Å². The maximum Gasteiger partial charge on any atom is 0.296 e. The number of rotatable bonds is 20. The number of unbranched alkanes of at least 4 members (excludes halogenated alkanes) is 12. The Morgan fingerprint density at radius 2 is 1.10 bits per heavy atom. The smallest absolute Gasteiger partial charge is 0.266 e. The Morgan fingerprint density at radius 3 is 1.57 bits per heavy atom. The minimum atomic E-state index is -3.65. The summed E-state index contributed by atoms with van der Waals surface area (Å²) < 4.78 is 30.4. The summed E-state index contributed by atoms with van der Waals surface area (Å²) in [5, 5.41) is 0. The van der Waals surface area contributed by atoms with Gasteiger partial charge in [-0.1, -0.05) is 122 Å². The molecule has 0 spiro atoms. The van der Waals surface area contributed by atoms with E-state index in [4.69, 9.17) is 4.18 Å². The molecule has 0 aliphatic heterocycles. The zero-order valence-electron chi connectivity index (χ0n) is 19.6. The van der Waals surface area contributed by atoms with Crippen LogP contribution in [-0.4, -0.2) is 15.0 Å². The van der Waals surface area contributed by atoms with Crippen LogP contribution in [0.3, 0.4) is 0 Å². The maximum atomic E-state index is 12.5. The van der Waals surface area contributed by atoms with E-state index in [-0.39, 0.29) is 4.90 Å². The van der Waals surface area contributed by atoms with Crippen LogP contribution in [0.2, 0.25) is 0 Å². The van der Waals surface area contributed by atoms with E-state index in [1.165, 1.54) is 89.9 Å². The van der Waals surface area contributed by atoms with Crippen molar-refractivity contribution in [2.24, 2.45) is 5.92 Å². The van der Waals surface area contributed by atoms with Gasteiger partial charge >= 0.3 is 0 Å². The summed E-state index contributed by atoms with van der Waals surface area (Å²) in [6, 6.07) is 8.52. The van der Waals surface area contributed by atoms with Gasteiger partial charge in [-0.3, -0.25) is 4.18 Å². The molecule has 174 valence electrons. The lowest BCUT2D eigenvalue weighted by atomic mass is 9.95. The monoisotopic (exact) mass is 438 g/mol. The van der Waals surface area contributed by atoms with E-state index in [1.807, 2.05) is 6.07 Å². The second-order valence-corrected chi connectivity index (χ2v) is 10.4. The fraction of sp³-hybridized carbons (Fsp3) is 0.769. The van der Waals surface area contributed by atoms with Crippen molar-refractivity contribution in [1.82, 2.24) is 0 Å². The van der Waals surface area contributed by atoms with E-state index in [0.717, 1.165) is 12.8 Å². The standard InChI is InChI=1S/C26H46O3S/c1-3-5-7-9-11-12-14-17-21-25(20-16-13-10-8-6-4-2)24-29-30(27,28)26-22-18-15-19-23-26/h15,18-19,22-23,25H,3-14,16-17,20-21,24H2,1-2H3. The van der Waals surface area contributed by atoms with Crippen molar-refractivity contribution in [3.63, 3.8) is 0 Å². The molecule has 0 aliphatic carbocycles. The summed E-state index contributed by atoms with van der Waals surface area (Å²) in [6.07, 6.45) is 20.2. The topological polar surface area (TPSA) is 43.4 Å². The molecular formula is C26H46O3S. The van der Waals surface area contributed by atoms with Gasteiger partial charge in [0.15, 0.2) is 0 Å². The molecule has 1 aromatic carbocycles. The first-order valence-corrected chi connectivity index (χ1v) is 14.0. The summed E-state index contributed by atoms with van der Waals surface area (Å²) in [5.41, 5.74) is 0. The molecule has 0 N–H and O–H groups in total.